The van der Waals surface area contributed by atoms with Crippen molar-refractivity contribution in [3.05, 3.63) is 68.3 Å². The average molecular weight is 430 g/mol. The van der Waals surface area contributed by atoms with Gasteiger partial charge in [-0.05, 0) is 49.4 Å². The SMILES string of the molecule is COc1ccc(O[C@H]2CC[C@@H](C)C[C@@H]2OC(=O)c2cc([N+](=O)[O-])cc([N+](=O)[O-])c2)cc1. The third kappa shape index (κ3) is 5.47. The first kappa shape index (κ1) is 22.0. The molecule has 0 unspecified atom stereocenters. The summed E-state index contributed by atoms with van der Waals surface area (Å²) >= 11 is 0. The van der Waals surface area contributed by atoms with Crippen molar-refractivity contribution in [2.75, 3.05) is 7.11 Å². The summed E-state index contributed by atoms with van der Waals surface area (Å²) in [4.78, 5) is 33.3. The van der Waals surface area contributed by atoms with Crippen LogP contribution >= 0.6 is 0 Å². The van der Waals surface area contributed by atoms with E-state index in [-0.39, 0.29) is 11.5 Å². The Morgan fingerprint density at radius 2 is 1.52 bits per heavy atom. The lowest BCUT2D eigenvalue weighted by atomic mass is 9.86. The van der Waals surface area contributed by atoms with Gasteiger partial charge in [0.2, 0.25) is 0 Å². The number of carbonyl (C=O) groups is 1. The number of rotatable bonds is 7. The second-order valence-electron chi connectivity index (χ2n) is 7.45. The monoisotopic (exact) mass is 430 g/mol. The Kier molecular flexibility index (Phi) is 6.68. The maximum Gasteiger partial charge on any atom is 0.339 e. The Bertz CT molecular complexity index is 944. The Balaban J connectivity index is 1.79. The van der Waals surface area contributed by atoms with Crippen molar-refractivity contribution in [1.29, 1.82) is 0 Å². The molecule has 1 fully saturated rings. The van der Waals surface area contributed by atoms with Crippen LogP contribution in [-0.4, -0.2) is 35.1 Å². The van der Waals surface area contributed by atoms with Crippen LogP contribution in [0.3, 0.4) is 0 Å². The normalized spacial score (nSPS) is 20.5. The van der Waals surface area contributed by atoms with Crippen molar-refractivity contribution in [3.8, 4) is 11.5 Å². The number of carbonyl (C=O) groups excluding carboxylic acids is 1. The number of hydrogen-bond acceptors (Lipinski definition) is 8. The molecule has 10 heteroatoms. The molecule has 1 aliphatic carbocycles. The molecule has 0 bridgehead atoms. The fraction of sp³-hybridized carbons (Fsp3) is 0.381. The molecular formula is C21H22N2O8. The summed E-state index contributed by atoms with van der Waals surface area (Å²) in [5.41, 5.74) is -1.35. The van der Waals surface area contributed by atoms with Crippen LogP contribution in [0.2, 0.25) is 0 Å². The van der Waals surface area contributed by atoms with E-state index in [1.165, 1.54) is 0 Å². The van der Waals surface area contributed by atoms with Gasteiger partial charge < -0.3 is 14.2 Å². The fourth-order valence-corrected chi connectivity index (χ4v) is 3.52. The molecule has 0 aliphatic heterocycles. The van der Waals surface area contributed by atoms with Crippen LogP contribution in [0.25, 0.3) is 0 Å². The molecule has 0 radical (unpaired) electrons. The number of nitro groups is 2. The summed E-state index contributed by atoms with van der Waals surface area (Å²) in [7, 11) is 1.56. The first-order valence-corrected chi connectivity index (χ1v) is 9.72. The van der Waals surface area contributed by atoms with E-state index in [2.05, 4.69) is 0 Å². The minimum atomic E-state index is -0.866. The van der Waals surface area contributed by atoms with Gasteiger partial charge in [0.15, 0.2) is 0 Å². The number of esters is 1. The first-order chi connectivity index (χ1) is 14.8. The number of benzene rings is 2. The van der Waals surface area contributed by atoms with Gasteiger partial charge in [0.25, 0.3) is 11.4 Å². The Hall–Kier alpha value is -3.69. The summed E-state index contributed by atoms with van der Waals surface area (Å²) in [5, 5.41) is 22.2. The smallest absolute Gasteiger partial charge is 0.339 e. The van der Waals surface area contributed by atoms with Gasteiger partial charge in [-0.3, -0.25) is 20.2 Å². The van der Waals surface area contributed by atoms with E-state index >= 15 is 0 Å². The summed E-state index contributed by atoms with van der Waals surface area (Å²) in [6.07, 6.45) is 1.07. The van der Waals surface area contributed by atoms with Crippen molar-refractivity contribution in [2.45, 2.75) is 38.4 Å². The van der Waals surface area contributed by atoms with Crippen LogP contribution in [0.5, 0.6) is 11.5 Å². The molecule has 164 valence electrons. The quantitative estimate of drug-likeness (QED) is 0.361. The van der Waals surface area contributed by atoms with E-state index in [9.17, 15) is 25.0 Å². The molecule has 2 aromatic rings. The molecule has 0 amide bonds. The van der Waals surface area contributed by atoms with E-state index in [4.69, 9.17) is 14.2 Å². The molecule has 0 saturated heterocycles. The second-order valence-corrected chi connectivity index (χ2v) is 7.45. The number of hydrogen-bond donors (Lipinski definition) is 0. The van der Waals surface area contributed by atoms with Gasteiger partial charge in [0, 0.05) is 12.1 Å². The van der Waals surface area contributed by atoms with Crippen LogP contribution in [-0.2, 0) is 4.74 Å². The molecule has 0 N–H and O–H groups in total. The highest BCUT2D eigenvalue weighted by atomic mass is 16.6. The molecule has 3 atom stereocenters. The lowest BCUT2D eigenvalue weighted by Gasteiger charge is -2.34. The maximum atomic E-state index is 12.7. The van der Waals surface area contributed by atoms with E-state index < -0.39 is 39.4 Å². The van der Waals surface area contributed by atoms with Gasteiger partial charge in [-0.25, -0.2) is 4.79 Å². The standard InChI is InChI=1S/C21H22N2O8/c1-13-3-8-19(30-18-6-4-17(29-2)5-7-18)20(9-13)31-21(24)14-10-15(22(25)26)12-16(11-14)23(27)28/h4-7,10-13,19-20H,3,8-9H2,1-2H3/t13-,19+,20+/m1/s1. The van der Waals surface area contributed by atoms with E-state index in [0.717, 1.165) is 24.6 Å². The van der Waals surface area contributed by atoms with Gasteiger partial charge >= 0.3 is 5.97 Å². The minimum absolute atomic E-state index is 0.248. The van der Waals surface area contributed by atoms with E-state index in [0.29, 0.717) is 24.3 Å². The first-order valence-electron chi connectivity index (χ1n) is 9.72. The fourth-order valence-electron chi connectivity index (χ4n) is 3.52. The largest absolute Gasteiger partial charge is 0.497 e. The summed E-state index contributed by atoms with van der Waals surface area (Å²) in [5.74, 6) is 0.689. The zero-order valence-electron chi connectivity index (χ0n) is 17.1. The summed E-state index contributed by atoms with van der Waals surface area (Å²) in [6.45, 7) is 2.03. The molecule has 3 rings (SSSR count). The highest BCUT2D eigenvalue weighted by molar-refractivity contribution is 5.91. The molecule has 10 nitrogen and oxygen atoms in total. The van der Waals surface area contributed by atoms with Crippen LogP contribution in [0.15, 0.2) is 42.5 Å². The minimum Gasteiger partial charge on any atom is -0.497 e. The molecule has 0 aromatic heterocycles. The Labute approximate surface area is 178 Å². The zero-order valence-corrected chi connectivity index (χ0v) is 17.1. The number of nitrogens with zero attached hydrogens (tertiary/aromatic N) is 2. The zero-order chi connectivity index (χ0) is 22.5. The lowest BCUT2D eigenvalue weighted by Crippen LogP contribution is -2.40. The number of nitro benzene ring substituents is 2. The van der Waals surface area contributed by atoms with Gasteiger partial charge in [0.1, 0.15) is 23.7 Å². The van der Waals surface area contributed by atoms with E-state index in [1.54, 1.807) is 31.4 Å². The van der Waals surface area contributed by atoms with Gasteiger partial charge in [-0.15, -0.1) is 0 Å². The van der Waals surface area contributed by atoms with Gasteiger partial charge in [-0.1, -0.05) is 6.92 Å². The molecule has 1 saturated carbocycles. The molecular weight excluding hydrogens is 408 g/mol. The predicted octanol–water partition coefficient (Wildman–Crippen LogP) is 4.30. The number of non-ortho nitro benzene ring substituents is 2. The van der Waals surface area contributed by atoms with Gasteiger partial charge in [0.05, 0.1) is 28.6 Å². The van der Waals surface area contributed by atoms with Crippen LogP contribution in [0.1, 0.15) is 36.5 Å². The molecule has 1 aliphatic rings. The second kappa shape index (κ2) is 9.41. The maximum absolute atomic E-state index is 12.7. The van der Waals surface area contributed by atoms with Crippen molar-refractivity contribution in [3.63, 3.8) is 0 Å². The highest BCUT2D eigenvalue weighted by Crippen LogP contribution is 2.31. The highest BCUT2D eigenvalue weighted by Gasteiger charge is 2.34. The van der Waals surface area contributed by atoms with Crippen molar-refractivity contribution >= 4 is 17.3 Å². The average Bonchev–Trinajstić information content (AvgIpc) is 2.75. The predicted molar refractivity (Wildman–Crippen MR) is 109 cm³/mol. The topological polar surface area (TPSA) is 131 Å². The summed E-state index contributed by atoms with van der Waals surface area (Å²) in [6, 6.07) is 9.75. The third-order valence-corrected chi connectivity index (χ3v) is 5.16. The Morgan fingerprint density at radius 1 is 0.935 bits per heavy atom. The number of ether oxygens (including phenoxy) is 3. The van der Waals surface area contributed by atoms with E-state index in [1.807, 2.05) is 6.92 Å². The van der Waals surface area contributed by atoms with Crippen LogP contribution < -0.4 is 9.47 Å². The number of methoxy groups -OCH3 is 1. The molecule has 2 aromatic carbocycles. The molecule has 0 heterocycles. The van der Waals surface area contributed by atoms with Gasteiger partial charge in [-0.2, -0.15) is 0 Å². The summed E-state index contributed by atoms with van der Waals surface area (Å²) < 4.78 is 16.8. The lowest BCUT2D eigenvalue weighted by molar-refractivity contribution is -0.394. The van der Waals surface area contributed by atoms with Crippen LogP contribution in [0, 0.1) is 26.1 Å². The Morgan fingerprint density at radius 3 is 2.06 bits per heavy atom. The van der Waals surface area contributed by atoms with Crippen LogP contribution in [0.4, 0.5) is 11.4 Å². The molecule has 0 spiro atoms. The van der Waals surface area contributed by atoms with Crippen molar-refractivity contribution in [1.82, 2.24) is 0 Å². The van der Waals surface area contributed by atoms with Crippen molar-refractivity contribution in [2.24, 2.45) is 5.92 Å². The third-order valence-electron chi connectivity index (χ3n) is 5.16. The molecule has 31 heavy (non-hydrogen) atoms. The van der Waals surface area contributed by atoms with Crippen molar-refractivity contribution < 1.29 is 28.9 Å².